The molecule has 0 aromatic heterocycles. The Morgan fingerprint density at radius 2 is 1.78 bits per heavy atom. The number of likely N-dealkylation sites (tertiary alicyclic amines) is 1. The molecule has 0 spiro atoms. The van der Waals surface area contributed by atoms with Gasteiger partial charge < -0.3 is 15.1 Å². The maximum Gasteiger partial charge on any atom is 0.106 e. The lowest BCUT2D eigenvalue weighted by atomic mass is 10.1. The van der Waals surface area contributed by atoms with Crippen LogP contribution in [-0.2, 0) is 0 Å². The number of hydrogen-bond donors (Lipinski definition) is 1. The molecular formula is C26H36ClN3S2. The third kappa shape index (κ3) is 5.80. The predicted octanol–water partition coefficient (Wildman–Crippen LogP) is 6.90. The summed E-state index contributed by atoms with van der Waals surface area (Å²) in [7, 11) is 0. The molecule has 2 atom stereocenters. The summed E-state index contributed by atoms with van der Waals surface area (Å²) in [5.41, 5.74) is 3.73. The van der Waals surface area contributed by atoms with E-state index in [1.54, 1.807) is 0 Å². The van der Waals surface area contributed by atoms with Crippen molar-refractivity contribution in [1.29, 1.82) is 0 Å². The van der Waals surface area contributed by atoms with Crippen LogP contribution < -0.4 is 10.2 Å². The number of para-hydroxylation sites is 1. The molecule has 2 aliphatic heterocycles. The van der Waals surface area contributed by atoms with E-state index in [4.69, 9.17) is 12.2 Å². The first kappa shape index (κ1) is 25.4. The SMILES string of the molecule is CC[C@@H](C)CCNC(=S)c1ccc2c(c1)N([C@H](C)CN1CCCC1)c1ccccc1S2.Cl. The topological polar surface area (TPSA) is 18.5 Å². The summed E-state index contributed by atoms with van der Waals surface area (Å²) in [6.07, 6.45) is 5.03. The molecule has 0 saturated carbocycles. The van der Waals surface area contributed by atoms with E-state index in [-0.39, 0.29) is 12.4 Å². The summed E-state index contributed by atoms with van der Waals surface area (Å²) >= 11 is 7.64. The average Bonchev–Trinajstić information content (AvgIpc) is 3.29. The third-order valence-corrected chi connectivity index (χ3v) is 8.12. The van der Waals surface area contributed by atoms with Crippen LogP contribution >= 0.6 is 36.4 Å². The van der Waals surface area contributed by atoms with Gasteiger partial charge in [0.2, 0.25) is 0 Å². The van der Waals surface area contributed by atoms with Crippen molar-refractivity contribution < 1.29 is 0 Å². The van der Waals surface area contributed by atoms with Gasteiger partial charge in [-0.2, -0.15) is 0 Å². The van der Waals surface area contributed by atoms with Crippen molar-refractivity contribution in [3.63, 3.8) is 0 Å². The zero-order valence-corrected chi connectivity index (χ0v) is 21.9. The van der Waals surface area contributed by atoms with E-state index in [9.17, 15) is 0 Å². The van der Waals surface area contributed by atoms with Crippen LogP contribution in [0.15, 0.2) is 52.3 Å². The first-order chi connectivity index (χ1) is 15.1. The van der Waals surface area contributed by atoms with Crippen LogP contribution in [0.4, 0.5) is 11.4 Å². The van der Waals surface area contributed by atoms with Gasteiger partial charge in [-0.05, 0) is 69.5 Å². The molecule has 4 rings (SSSR count). The Kier molecular flexibility index (Phi) is 9.30. The number of nitrogens with one attached hydrogen (secondary N) is 1. The Balaban J connectivity index is 0.00000289. The molecule has 2 aromatic carbocycles. The Bertz CT molecular complexity index is 914. The van der Waals surface area contributed by atoms with Crippen LogP contribution in [0.25, 0.3) is 0 Å². The van der Waals surface area contributed by atoms with Crippen LogP contribution in [0, 0.1) is 5.92 Å². The van der Waals surface area contributed by atoms with E-state index in [1.165, 1.54) is 53.5 Å². The standard InChI is InChI=1S/C26H35N3S2.ClH/c1-4-19(2)13-14-27-26(30)21-11-12-25-23(17-21)29(20(3)18-28-15-7-8-16-28)22-9-5-6-10-24(22)31-25;/h5-6,9-12,17,19-20H,4,7-8,13-16,18H2,1-3H3,(H,27,30);1H/t19-,20-;/m1./s1. The zero-order chi connectivity index (χ0) is 21.8. The summed E-state index contributed by atoms with van der Waals surface area (Å²) in [5, 5.41) is 3.49. The van der Waals surface area contributed by atoms with Crippen molar-refractivity contribution >= 4 is 52.8 Å². The molecule has 0 bridgehead atoms. The lowest BCUT2D eigenvalue weighted by Crippen LogP contribution is -2.40. The Labute approximate surface area is 209 Å². The highest BCUT2D eigenvalue weighted by Gasteiger charge is 2.29. The van der Waals surface area contributed by atoms with E-state index in [1.807, 2.05) is 11.8 Å². The monoisotopic (exact) mass is 489 g/mol. The first-order valence-corrected chi connectivity index (χ1v) is 13.0. The molecule has 3 nitrogen and oxygen atoms in total. The largest absolute Gasteiger partial charge is 0.376 e. The molecule has 0 amide bonds. The Hall–Kier alpha value is -1.27. The summed E-state index contributed by atoms with van der Waals surface area (Å²) < 4.78 is 0. The maximum atomic E-state index is 5.77. The van der Waals surface area contributed by atoms with Gasteiger partial charge in [-0.3, -0.25) is 0 Å². The number of thiocarbonyl (C=S) groups is 1. The predicted molar refractivity (Wildman–Crippen MR) is 145 cm³/mol. The minimum absolute atomic E-state index is 0. The van der Waals surface area contributed by atoms with E-state index >= 15 is 0 Å². The summed E-state index contributed by atoms with van der Waals surface area (Å²) in [4.78, 5) is 8.68. The number of rotatable bonds is 8. The zero-order valence-electron chi connectivity index (χ0n) is 19.5. The Morgan fingerprint density at radius 3 is 2.53 bits per heavy atom. The van der Waals surface area contributed by atoms with E-state index in [0.29, 0.717) is 6.04 Å². The van der Waals surface area contributed by atoms with Gasteiger partial charge in [-0.25, -0.2) is 0 Å². The molecule has 1 N–H and O–H groups in total. The van der Waals surface area contributed by atoms with Crippen molar-refractivity contribution in [2.75, 3.05) is 31.1 Å². The summed E-state index contributed by atoms with van der Waals surface area (Å²) in [5.74, 6) is 0.730. The minimum Gasteiger partial charge on any atom is -0.376 e. The lowest BCUT2D eigenvalue weighted by Gasteiger charge is -2.39. The fourth-order valence-corrected chi connectivity index (χ4v) is 5.84. The van der Waals surface area contributed by atoms with Crippen LogP contribution in [0.2, 0.25) is 0 Å². The molecule has 0 aliphatic carbocycles. The number of halogens is 1. The van der Waals surface area contributed by atoms with Crippen molar-refractivity contribution in [3.8, 4) is 0 Å². The van der Waals surface area contributed by atoms with E-state index < -0.39 is 0 Å². The van der Waals surface area contributed by atoms with E-state index in [0.717, 1.165) is 36.0 Å². The molecule has 6 heteroatoms. The molecule has 1 saturated heterocycles. The molecule has 2 heterocycles. The van der Waals surface area contributed by atoms with Gasteiger partial charge in [0.15, 0.2) is 0 Å². The minimum atomic E-state index is 0. The molecular weight excluding hydrogens is 454 g/mol. The Morgan fingerprint density at radius 1 is 1.06 bits per heavy atom. The number of hydrogen-bond acceptors (Lipinski definition) is 4. The van der Waals surface area contributed by atoms with E-state index in [2.05, 4.69) is 78.4 Å². The number of benzene rings is 2. The van der Waals surface area contributed by atoms with Gasteiger partial charge in [0.05, 0.1) is 11.4 Å². The fraction of sp³-hybridized carbons (Fsp3) is 0.500. The van der Waals surface area contributed by atoms with Gasteiger partial charge in [0.1, 0.15) is 4.99 Å². The quantitative estimate of drug-likeness (QED) is 0.405. The molecule has 2 aromatic rings. The third-order valence-electron chi connectivity index (χ3n) is 6.61. The summed E-state index contributed by atoms with van der Waals surface area (Å²) in [6, 6.07) is 16.0. The number of fused-ring (bicyclic) bond motifs is 2. The highest BCUT2D eigenvalue weighted by atomic mass is 35.5. The second-order valence-corrected chi connectivity index (χ2v) is 10.5. The van der Waals surface area contributed by atoms with Crippen molar-refractivity contribution in [2.45, 2.75) is 62.3 Å². The van der Waals surface area contributed by atoms with Gasteiger partial charge in [-0.1, -0.05) is 62.4 Å². The molecule has 2 aliphatic rings. The summed E-state index contributed by atoms with van der Waals surface area (Å²) in [6.45, 7) is 11.4. The van der Waals surface area contributed by atoms with Gasteiger partial charge in [0.25, 0.3) is 0 Å². The van der Waals surface area contributed by atoms with Crippen molar-refractivity contribution in [3.05, 3.63) is 48.0 Å². The van der Waals surface area contributed by atoms with Gasteiger partial charge in [0, 0.05) is 34.5 Å². The normalized spacial score (nSPS) is 17.2. The fourth-order valence-electron chi connectivity index (χ4n) is 4.56. The molecule has 0 radical (unpaired) electrons. The van der Waals surface area contributed by atoms with Crippen LogP contribution in [0.1, 0.15) is 52.0 Å². The highest BCUT2D eigenvalue weighted by Crippen LogP contribution is 2.49. The average molecular weight is 490 g/mol. The smallest absolute Gasteiger partial charge is 0.106 e. The second kappa shape index (κ2) is 11.7. The second-order valence-electron chi connectivity index (χ2n) is 9.04. The molecule has 1 fully saturated rings. The van der Waals surface area contributed by atoms with Gasteiger partial charge in [-0.15, -0.1) is 12.4 Å². The van der Waals surface area contributed by atoms with Crippen LogP contribution in [-0.4, -0.2) is 42.1 Å². The highest BCUT2D eigenvalue weighted by molar-refractivity contribution is 7.99. The van der Waals surface area contributed by atoms with Gasteiger partial charge >= 0.3 is 0 Å². The maximum absolute atomic E-state index is 5.77. The van der Waals surface area contributed by atoms with Crippen LogP contribution in [0.5, 0.6) is 0 Å². The number of nitrogens with zero attached hydrogens (tertiary/aromatic N) is 2. The first-order valence-electron chi connectivity index (χ1n) is 11.8. The molecule has 0 unspecified atom stereocenters. The number of anilines is 2. The van der Waals surface area contributed by atoms with Crippen molar-refractivity contribution in [2.24, 2.45) is 5.92 Å². The molecule has 32 heavy (non-hydrogen) atoms. The molecule has 174 valence electrons. The lowest BCUT2D eigenvalue weighted by molar-refractivity contribution is 0.319. The van der Waals surface area contributed by atoms with Crippen LogP contribution in [0.3, 0.4) is 0 Å². The van der Waals surface area contributed by atoms with Crippen molar-refractivity contribution in [1.82, 2.24) is 10.2 Å².